The highest BCUT2D eigenvalue weighted by Crippen LogP contribution is 2.35. The maximum atomic E-state index is 13.7. The number of amides is 1. The average molecular weight is 662 g/mol. The summed E-state index contributed by atoms with van der Waals surface area (Å²) in [5.74, 6) is -0.0172. The number of benzene rings is 4. The van der Waals surface area contributed by atoms with Crippen molar-refractivity contribution in [3.05, 3.63) is 82.3 Å². The lowest BCUT2D eigenvalue weighted by Gasteiger charge is -2.15. The van der Waals surface area contributed by atoms with Gasteiger partial charge in [0.1, 0.15) is 22.5 Å². The van der Waals surface area contributed by atoms with Gasteiger partial charge in [0.05, 0.1) is 33.6 Å². The topological polar surface area (TPSA) is 89.3 Å². The van der Waals surface area contributed by atoms with Crippen LogP contribution in [-0.4, -0.2) is 32.6 Å². The number of hydrogen-bond donors (Lipinski definition) is 2. The summed E-state index contributed by atoms with van der Waals surface area (Å²) in [5.41, 5.74) is 2.25. The Morgan fingerprint density at radius 2 is 1.30 bits per heavy atom. The lowest BCUT2D eigenvalue weighted by atomic mass is 10.0. The van der Waals surface area contributed by atoms with Crippen molar-refractivity contribution in [3.8, 4) is 17.2 Å². The molecule has 0 aliphatic heterocycles. The Balaban J connectivity index is 1.21. The number of ether oxygens (including phenoxy) is 1. The Bertz CT molecular complexity index is 1730. The van der Waals surface area contributed by atoms with E-state index in [0.717, 1.165) is 12.8 Å². The molecular formula is C37H42Cl2N4O3. The minimum Gasteiger partial charge on any atom is -0.506 e. The molecule has 0 atom stereocenters. The Morgan fingerprint density at radius 3 is 1.93 bits per heavy atom. The van der Waals surface area contributed by atoms with E-state index in [-0.39, 0.29) is 11.3 Å². The summed E-state index contributed by atoms with van der Waals surface area (Å²) in [6.45, 7) is 2.83. The largest absolute Gasteiger partial charge is 0.506 e. The molecule has 5 rings (SSSR count). The van der Waals surface area contributed by atoms with E-state index in [1.807, 2.05) is 30.3 Å². The number of carbonyl (C=O) groups is 1. The summed E-state index contributed by atoms with van der Waals surface area (Å²) in [6, 6.07) is 19.5. The molecule has 1 amide bonds. The van der Waals surface area contributed by atoms with Crippen LogP contribution in [0.25, 0.3) is 27.5 Å². The molecule has 0 fully saturated rings. The maximum Gasteiger partial charge on any atom is 0.259 e. The number of anilines is 1. The Labute approximate surface area is 280 Å². The minimum atomic E-state index is -0.478. The van der Waals surface area contributed by atoms with Crippen molar-refractivity contribution in [2.45, 2.75) is 84.0 Å². The van der Waals surface area contributed by atoms with Gasteiger partial charge in [-0.15, -0.1) is 15.0 Å². The summed E-state index contributed by atoms with van der Waals surface area (Å²) in [7, 11) is 0. The fraction of sp³-hybridized carbons (Fsp3) is 0.378. The van der Waals surface area contributed by atoms with Crippen LogP contribution in [0.15, 0.2) is 66.7 Å². The van der Waals surface area contributed by atoms with Crippen LogP contribution in [0.5, 0.6) is 11.5 Å². The minimum absolute atomic E-state index is 0.0851. The van der Waals surface area contributed by atoms with Crippen LogP contribution in [0.1, 0.15) is 94.3 Å². The standard InChI is InChI=1S/C37H42Cl2N4O3/c1-2-3-4-5-6-7-8-9-10-11-12-17-22-46-35-21-16-15-20-31(35)40-37(45)28-23-34(26-18-13-14-19-27(26)36(28)44)43-41-32-24-29(38)30(39)25-33(32)42-43/h13-16,18-21,23-25,44H,2-12,17,22H2,1H3,(H,40,45). The first-order valence-corrected chi connectivity index (χ1v) is 17.2. The molecule has 4 aromatic carbocycles. The molecule has 0 bridgehead atoms. The lowest BCUT2D eigenvalue weighted by molar-refractivity contribution is 0.102. The van der Waals surface area contributed by atoms with Crippen LogP contribution in [0.2, 0.25) is 10.0 Å². The van der Waals surface area contributed by atoms with E-state index in [0.29, 0.717) is 55.6 Å². The molecule has 0 spiro atoms. The third-order valence-electron chi connectivity index (χ3n) is 8.27. The molecule has 46 heavy (non-hydrogen) atoms. The lowest BCUT2D eigenvalue weighted by Crippen LogP contribution is -2.14. The third-order valence-corrected chi connectivity index (χ3v) is 8.99. The van der Waals surface area contributed by atoms with E-state index >= 15 is 0 Å². The van der Waals surface area contributed by atoms with E-state index in [1.165, 1.54) is 69.0 Å². The number of aromatic nitrogens is 3. The van der Waals surface area contributed by atoms with Crippen molar-refractivity contribution in [1.82, 2.24) is 15.0 Å². The van der Waals surface area contributed by atoms with Gasteiger partial charge in [-0.1, -0.05) is 137 Å². The first-order chi connectivity index (χ1) is 22.5. The number of para-hydroxylation sites is 2. The number of carbonyl (C=O) groups excluding carboxylic acids is 1. The van der Waals surface area contributed by atoms with Crippen molar-refractivity contribution >= 4 is 56.6 Å². The maximum absolute atomic E-state index is 13.7. The summed E-state index contributed by atoms with van der Waals surface area (Å²) in [4.78, 5) is 15.1. The van der Waals surface area contributed by atoms with Crippen LogP contribution >= 0.6 is 23.2 Å². The summed E-state index contributed by atoms with van der Waals surface area (Å²) in [6.07, 6.45) is 15.3. The number of hydrogen-bond acceptors (Lipinski definition) is 5. The number of phenolic OH excluding ortho intramolecular Hbond substituents is 1. The number of unbranched alkanes of at least 4 members (excludes halogenated alkanes) is 11. The van der Waals surface area contributed by atoms with E-state index in [9.17, 15) is 9.90 Å². The first kappa shape index (κ1) is 33.6. The van der Waals surface area contributed by atoms with E-state index in [4.69, 9.17) is 27.9 Å². The first-order valence-electron chi connectivity index (χ1n) is 16.5. The molecule has 7 nitrogen and oxygen atoms in total. The molecule has 0 aliphatic rings. The highest BCUT2D eigenvalue weighted by Gasteiger charge is 2.21. The smallest absolute Gasteiger partial charge is 0.259 e. The third kappa shape index (κ3) is 8.51. The van der Waals surface area contributed by atoms with Crippen LogP contribution in [0.3, 0.4) is 0 Å². The second-order valence-electron chi connectivity index (χ2n) is 11.8. The monoisotopic (exact) mass is 660 g/mol. The molecule has 1 aromatic heterocycles. The van der Waals surface area contributed by atoms with Gasteiger partial charge in [-0.3, -0.25) is 4.79 Å². The van der Waals surface area contributed by atoms with Crippen LogP contribution in [0, 0.1) is 0 Å². The zero-order chi connectivity index (χ0) is 32.3. The number of halogens is 2. The van der Waals surface area contributed by atoms with Gasteiger partial charge in [-0.05, 0) is 36.8 Å². The predicted molar refractivity (Wildman–Crippen MR) is 189 cm³/mol. The number of aromatic hydroxyl groups is 1. The highest BCUT2D eigenvalue weighted by atomic mass is 35.5. The van der Waals surface area contributed by atoms with Gasteiger partial charge in [-0.2, -0.15) is 0 Å². The molecule has 9 heteroatoms. The predicted octanol–water partition coefficient (Wildman–Crippen LogP) is 10.9. The zero-order valence-corrected chi connectivity index (χ0v) is 27.9. The van der Waals surface area contributed by atoms with Gasteiger partial charge >= 0.3 is 0 Å². The van der Waals surface area contributed by atoms with Crippen molar-refractivity contribution in [1.29, 1.82) is 0 Å². The Hall–Kier alpha value is -3.81. The second kappa shape index (κ2) is 16.7. The molecule has 0 unspecified atom stereocenters. The van der Waals surface area contributed by atoms with E-state index in [2.05, 4.69) is 22.4 Å². The molecular weight excluding hydrogens is 619 g/mol. The average Bonchev–Trinajstić information content (AvgIpc) is 3.46. The van der Waals surface area contributed by atoms with Crippen LogP contribution < -0.4 is 10.1 Å². The van der Waals surface area contributed by atoms with Gasteiger partial charge in [0.15, 0.2) is 0 Å². The van der Waals surface area contributed by atoms with Crippen LogP contribution in [-0.2, 0) is 0 Å². The number of fused-ring (bicyclic) bond motifs is 2. The number of nitrogens with one attached hydrogen (secondary N) is 1. The molecule has 2 N–H and O–H groups in total. The molecule has 242 valence electrons. The molecule has 0 aliphatic carbocycles. The normalized spacial score (nSPS) is 11.4. The van der Waals surface area contributed by atoms with Crippen molar-refractivity contribution in [3.63, 3.8) is 0 Å². The molecule has 5 aromatic rings. The molecule has 1 heterocycles. The fourth-order valence-corrected chi connectivity index (χ4v) is 6.03. The van der Waals surface area contributed by atoms with E-state index < -0.39 is 5.91 Å². The van der Waals surface area contributed by atoms with Crippen molar-refractivity contribution in [2.75, 3.05) is 11.9 Å². The van der Waals surface area contributed by atoms with E-state index in [1.54, 1.807) is 36.4 Å². The van der Waals surface area contributed by atoms with Crippen molar-refractivity contribution < 1.29 is 14.6 Å². The molecule has 0 saturated carbocycles. The van der Waals surface area contributed by atoms with Gasteiger partial charge in [-0.25, -0.2) is 0 Å². The zero-order valence-electron chi connectivity index (χ0n) is 26.4. The summed E-state index contributed by atoms with van der Waals surface area (Å²) < 4.78 is 6.09. The molecule has 0 saturated heterocycles. The van der Waals surface area contributed by atoms with Crippen LogP contribution in [0.4, 0.5) is 5.69 Å². The molecule has 0 radical (unpaired) electrons. The quantitative estimate of drug-likeness (QED) is 0.0968. The number of phenols is 1. The number of rotatable bonds is 17. The van der Waals surface area contributed by atoms with Gasteiger partial charge in [0.25, 0.3) is 5.91 Å². The Morgan fingerprint density at radius 1 is 0.761 bits per heavy atom. The van der Waals surface area contributed by atoms with Gasteiger partial charge < -0.3 is 15.2 Å². The second-order valence-corrected chi connectivity index (χ2v) is 12.6. The van der Waals surface area contributed by atoms with Crippen molar-refractivity contribution in [2.24, 2.45) is 0 Å². The Kier molecular flexibility index (Phi) is 12.2. The fourth-order valence-electron chi connectivity index (χ4n) is 5.71. The summed E-state index contributed by atoms with van der Waals surface area (Å²) >= 11 is 12.4. The van der Waals surface area contributed by atoms with Gasteiger partial charge in [0.2, 0.25) is 0 Å². The van der Waals surface area contributed by atoms with Gasteiger partial charge in [0, 0.05) is 10.8 Å². The number of nitrogens with zero attached hydrogens (tertiary/aromatic N) is 3. The highest BCUT2D eigenvalue weighted by molar-refractivity contribution is 6.42. The SMILES string of the molecule is CCCCCCCCCCCCCCOc1ccccc1NC(=O)c1cc(-n2nc3cc(Cl)c(Cl)cc3n2)c2ccccc2c1O. The summed E-state index contributed by atoms with van der Waals surface area (Å²) in [5, 5.41) is 25.2.